The van der Waals surface area contributed by atoms with Crippen molar-refractivity contribution in [3.8, 4) is 16.3 Å². The van der Waals surface area contributed by atoms with Gasteiger partial charge in [-0.3, -0.25) is 10.1 Å². The van der Waals surface area contributed by atoms with E-state index in [4.69, 9.17) is 4.74 Å². The molecule has 1 amide bonds. The Morgan fingerprint density at radius 2 is 1.89 bits per heavy atom. The average molecular weight is 399 g/mol. The third-order valence-corrected chi connectivity index (χ3v) is 6.06. The number of methoxy groups -OCH3 is 1. The summed E-state index contributed by atoms with van der Waals surface area (Å²) in [5.41, 5.74) is 2.11. The fourth-order valence-corrected chi connectivity index (χ4v) is 4.46. The lowest BCUT2D eigenvalue weighted by molar-refractivity contribution is 0.103. The van der Waals surface area contributed by atoms with Crippen molar-refractivity contribution in [1.82, 2.24) is 9.97 Å². The molecule has 0 atom stereocenters. The second kappa shape index (κ2) is 7.05. The van der Waals surface area contributed by atoms with Gasteiger partial charge in [0, 0.05) is 5.56 Å². The molecular formula is C19H14FN3O2S2. The predicted octanol–water partition coefficient (Wildman–Crippen LogP) is 5.13. The van der Waals surface area contributed by atoms with Crippen LogP contribution in [0.2, 0.25) is 0 Å². The zero-order chi connectivity index (χ0) is 19.0. The molecule has 0 unspecified atom stereocenters. The van der Waals surface area contributed by atoms with Gasteiger partial charge in [0.15, 0.2) is 5.13 Å². The first-order chi connectivity index (χ1) is 13.0. The number of ether oxygens (including phenoxy) is 1. The molecular weight excluding hydrogens is 385 g/mol. The molecule has 0 radical (unpaired) electrons. The van der Waals surface area contributed by atoms with Gasteiger partial charge in [-0.15, -0.1) is 11.3 Å². The highest BCUT2D eigenvalue weighted by atomic mass is 32.1. The summed E-state index contributed by atoms with van der Waals surface area (Å²) >= 11 is 2.65. The van der Waals surface area contributed by atoms with E-state index >= 15 is 0 Å². The maximum absolute atomic E-state index is 13.1. The molecule has 8 heteroatoms. The second-order valence-electron chi connectivity index (χ2n) is 5.72. The first-order valence-electron chi connectivity index (χ1n) is 8.03. The zero-order valence-electron chi connectivity index (χ0n) is 14.4. The molecule has 5 nitrogen and oxygen atoms in total. The Bertz CT molecular complexity index is 1140. The predicted molar refractivity (Wildman–Crippen MR) is 106 cm³/mol. The highest BCUT2D eigenvalue weighted by Crippen LogP contribution is 2.33. The summed E-state index contributed by atoms with van der Waals surface area (Å²) in [5, 5.41) is 4.00. The SMILES string of the molecule is COc1cccc2sc(NC(=O)c3sc(-c4ccc(F)cc4)nc3C)nc12. The number of fused-ring (bicyclic) bond motifs is 1. The molecule has 0 bridgehead atoms. The van der Waals surface area contributed by atoms with Crippen molar-refractivity contribution in [2.24, 2.45) is 0 Å². The second-order valence-corrected chi connectivity index (χ2v) is 7.75. The summed E-state index contributed by atoms with van der Waals surface area (Å²) in [6.07, 6.45) is 0. The van der Waals surface area contributed by atoms with Gasteiger partial charge in [-0.05, 0) is 43.3 Å². The Balaban J connectivity index is 1.61. The Hall–Kier alpha value is -2.84. The number of amides is 1. The van der Waals surface area contributed by atoms with Crippen LogP contribution in [0.5, 0.6) is 5.75 Å². The van der Waals surface area contributed by atoms with E-state index in [1.54, 1.807) is 26.2 Å². The molecule has 27 heavy (non-hydrogen) atoms. The van der Waals surface area contributed by atoms with Gasteiger partial charge in [0.25, 0.3) is 5.91 Å². The van der Waals surface area contributed by atoms with E-state index < -0.39 is 0 Å². The van der Waals surface area contributed by atoms with Gasteiger partial charge in [-0.2, -0.15) is 0 Å². The van der Waals surface area contributed by atoms with E-state index in [9.17, 15) is 9.18 Å². The molecule has 0 aliphatic carbocycles. The Morgan fingerprint density at radius 1 is 1.11 bits per heavy atom. The number of nitrogens with one attached hydrogen (secondary N) is 1. The number of benzene rings is 2. The lowest BCUT2D eigenvalue weighted by Gasteiger charge is -1.99. The smallest absolute Gasteiger partial charge is 0.269 e. The molecule has 0 aliphatic heterocycles. The van der Waals surface area contributed by atoms with Gasteiger partial charge in [-0.25, -0.2) is 14.4 Å². The lowest BCUT2D eigenvalue weighted by atomic mass is 10.2. The van der Waals surface area contributed by atoms with Crippen molar-refractivity contribution in [2.45, 2.75) is 6.92 Å². The average Bonchev–Trinajstić information content (AvgIpc) is 3.25. The first kappa shape index (κ1) is 17.6. The monoisotopic (exact) mass is 399 g/mol. The molecule has 1 N–H and O–H groups in total. The molecule has 2 heterocycles. The molecule has 0 saturated carbocycles. The van der Waals surface area contributed by atoms with Crippen LogP contribution < -0.4 is 10.1 Å². The Labute approximate surface area is 162 Å². The maximum Gasteiger partial charge on any atom is 0.269 e. The number of carbonyl (C=O) groups is 1. The normalized spacial score (nSPS) is 10.9. The summed E-state index contributed by atoms with van der Waals surface area (Å²) in [7, 11) is 1.59. The van der Waals surface area contributed by atoms with Crippen LogP contribution in [0.1, 0.15) is 15.4 Å². The number of hydrogen-bond donors (Lipinski definition) is 1. The summed E-state index contributed by atoms with van der Waals surface area (Å²) in [4.78, 5) is 22.1. The molecule has 0 spiro atoms. The zero-order valence-corrected chi connectivity index (χ0v) is 16.1. The number of thiazole rings is 2. The minimum Gasteiger partial charge on any atom is -0.494 e. The van der Waals surface area contributed by atoms with Gasteiger partial charge in [0.1, 0.15) is 27.0 Å². The number of carbonyl (C=O) groups excluding carboxylic acids is 1. The lowest BCUT2D eigenvalue weighted by Crippen LogP contribution is -2.11. The topological polar surface area (TPSA) is 64.1 Å². The number of rotatable bonds is 4. The number of hydrogen-bond acceptors (Lipinski definition) is 6. The highest BCUT2D eigenvalue weighted by Gasteiger charge is 2.18. The molecule has 4 aromatic rings. The molecule has 0 saturated heterocycles. The highest BCUT2D eigenvalue weighted by molar-refractivity contribution is 7.22. The summed E-state index contributed by atoms with van der Waals surface area (Å²) < 4.78 is 19.3. The van der Waals surface area contributed by atoms with Gasteiger partial charge >= 0.3 is 0 Å². The largest absolute Gasteiger partial charge is 0.494 e. The molecule has 0 aliphatic rings. The number of nitrogens with zero attached hydrogens (tertiary/aromatic N) is 2. The van der Waals surface area contributed by atoms with Gasteiger partial charge in [-0.1, -0.05) is 17.4 Å². The number of halogens is 1. The van der Waals surface area contributed by atoms with Crippen LogP contribution >= 0.6 is 22.7 Å². The first-order valence-corrected chi connectivity index (χ1v) is 9.66. The number of aryl methyl sites for hydroxylation is 1. The minimum atomic E-state index is -0.309. The van der Waals surface area contributed by atoms with Crippen LogP contribution in [0, 0.1) is 12.7 Å². The third kappa shape index (κ3) is 3.41. The van der Waals surface area contributed by atoms with Crippen molar-refractivity contribution < 1.29 is 13.9 Å². The van der Waals surface area contributed by atoms with Crippen molar-refractivity contribution in [1.29, 1.82) is 0 Å². The van der Waals surface area contributed by atoms with Crippen LogP contribution in [-0.2, 0) is 0 Å². The van der Waals surface area contributed by atoms with E-state index in [-0.39, 0.29) is 11.7 Å². The van der Waals surface area contributed by atoms with E-state index in [2.05, 4.69) is 15.3 Å². The van der Waals surface area contributed by atoms with Gasteiger partial charge < -0.3 is 4.74 Å². The van der Waals surface area contributed by atoms with Gasteiger partial charge in [0.05, 0.1) is 17.5 Å². The Morgan fingerprint density at radius 3 is 2.63 bits per heavy atom. The molecule has 0 fully saturated rings. The van der Waals surface area contributed by atoms with E-state index in [1.165, 1.54) is 34.8 Å². The van der Waals surface area contributed by atoms with E-state index in [1.807, 2.05) is 18.2 Å². The van der Waals surface area contributed by atoms with Crippen molar-refractivity contribution >= 4 is 43.9 Å². The van der Waals surface area contributed by atoms with Crippen molar-refractivity contribution in [3.63, 3.8) is 0 Å². The van der Waals surface area contributed by atoms with Crippen LogP contribution in [0.4, 0.5) is 9.52 Å². The molecule has 4 rings (SSSR count). The van der Waals surface area contributed by atoms with Crippen LogP contribution in [-0.4, -0.2) is 23.0 Å². The number of para-hydroxylation sites is 1. The summed E-state index contributed by atoms with van der Waals surface area (Å²) in [5.74, 6) is 0.0875. The fourth-order valence-electron chi connectivity index (χ4n) is 2.62. The standard InChI is InChI=1S/C19H14FN3O2S2/c1-10-16(27-18(21-10)11-6-8-12(20)9-7-11)17(24)23-19-22-15-13(25-2)4-3-5-14(15)26-19/h3-9H,1-2H3,(H,22,23,24). The van der Waals surface area contributed by atoms with Crippen LogP contribution in [0.3, 0.4) is 0 Å². The summed E-state index contributed by atoms with van der Waals surface area (Å²) in [6, 6.07) is 11.7. The molecule has 2 aromatic heterocycles. The van der Waals surface area contributed by atoms with E-state index in [0.29, 0.717) is 32.0 Å². The fraction of sp³-hybridized carbons (Fsp3) is 0.105. The quantitative estimate of drug-likeness (QED) is 0.517. The maximum atomic E-state index is 13.1. The van der Waals surface area contributed by atoms with Crippen molar-refractivity contribution in [3.05, 3.63) is 58.9 Å². The minimum absolute atomic E-state index is 0.267. The van der Waals surface area contributed by atoms with Crippen LogP contribution in [0.15, 0.2) is 42.5 Å². The summed E-state index contributed by atoms with van der Waals surface area (Å²) in [6.45, 7) is 1.78. The van der Waals surface area contributed by atoms with Gasteiger partial charge in [0.2, 0.25) is 0 Å². The molecule has 136 valence electrons. The Kier molecular flexibility index (Phi) is 4.59. The van der Waals surface area contributed by atoms with Crippen molar-refractivity contribution in [2.75, 3.05) is 12.4 Å². The third-order valence-electron chi connectivity index (χ3n) is 3.92. The number of anilines is 1. The number of aromatic nitrogens is 2. The van der Waals surface area contributed by atoms with E-state index in [0.717, 1.165) is 10.3 Å². The van der Waals surface area contributed by atoms with Crippen LogP contribution in [0.25, 0.3) is 20.8 Å². The molecule has 2 aromatic carbocycles.